The SMILES string of the molecule is COc1cc(OC(C(=O)O)c2ccccc2)ccc1Br. The normalized spacial score (nSPS) is 11.7. The minimum atomic E-state index is -1.05. The van der Waals surface area contributed by atoms with Crippen LogP contribution in [0.4, 0.5) is 0 Å². The number of rotatable bonds is 5. The van der Waals surface area contributed by atoms with Crippen LogP contribution in [-0.4, -0.2) is 18.2 Å². The first-order valence-corrected chi connectivity index (χ1v) is 6.69. The smallest absolute Gasteiger partial charge is 0.349 e. The largest absolute Gasteiger partial charge is 0.495 e. The second kappa shape index (κ2) is 6.43. The minimum Gasteiger partial charge on any atom is -0.495 e. The molecule has 0 radical (unpaired) electrons. The molecule has 1 unspecified atom stereocenters. The number of hydrogen-bond acceptors (Lipinski definition) is 3. The van der Waals surface area contributed by atoms with Crippen LogP contribution in [0.1, 0.15) is 11.7 Å². The maximum Gasteiger partial charge on any atom is 0.349 e. The second-order valence-corrected chi connectivity index (χ2v) is 4.90. The first-order valence-electron chi connectivity index (χ1n) is 5.89. The third-order valence-electron chi connectivity index (χ3n) is 2.70. The van der Waals surface area contributed by atoms with E-state index in [-0.39, 0.29) is 0 Å². The molecule has 0 heterocycles. The Labute approximate surface area is 125 Å². The van der Waals surface area contributed by atoms with Gasteiger partial charge in [-0.15, -0.1) is 0 Å². The molecule has 0 saturated heterocycles. The standard InChI is InChI=1S/C15H13BrO4/c1-19-13-9-11(7-8-12(13)16)20-14(15(17)18)10-5-3-2-4-6-10/h2-9,14H,1H3,(H,17,18). The molecule has 0 bridgehead atoms. The Bertz CT molecular complexity index is 598. The number of aliphatic carboxylic acids is 1. The van der Waals surface area contributed by atoms with E-state index in [0.717, 1.165) is 4.47 Å². The molecular weight excluding hydrogens is 324 g/mol. The molecule has 0 spiro atoms. The van der Waals surface area contributed by atoms with Crippen LogP contribution in [0.5, 0.6) is 11.5 Å². The zero-order valence-corrected chi connectivity index (χ0v) is 12.3. The molecule has 0 aliphatic rings. The molecule has 1 N–H and O–H groups in total. The number of carboxylic acids is 1. The van der Waals surface area contributed by atoms with Crippen LogP contribution in [0.25, 0.3) is 0 Å². The van der Waals surface area contributed by atoms with Gasteiger partial charge in [-0.1, -0.05) is 30.3 Å². The van der Waals surface area contributed by atoms with Crippen molar-refractivity contribution in [2.45, 2.75) is 6.10 Å². The Hall–Kier alpha value is -2.01. The summed E-state index contributed by atoms with van der Waals surface area (Å²) < 4.78 is 11.5. The summed E-state index contributed by atoms with van der Waals surface area (Å²) in [5.41, 5.74) is 0.585. The summed E-state index contributed by atoms with van der Waals surface area (Å²) in [4.78, 5) is 11.4. The molecule has 0 aliphatic heterocycles. The Morgan fingerprint density at radius 3 is 2.50 bits per heavy atom. The summed E-state index contributed by atoms with van der Waals surface area (Å²) in [6.45, 7) is 0. The molecule has 2 rings (SSSR count). The minimum absolute atomic E-state index is 0.432. The van der Waals surface area contributed by atoms with E-state index < -0.39 is 12.1 Å². The monoisotopic (exact) mass is 336 g/mol. The number of halogens is 1. The Morgan fingerprint density at radius 1 is 1.20 bits per heavy atom. The zero-order valence-electron chi connectivity index (χ0n) is 10.7. The zero-order chi connectivity index (χ0) is 14.5. The molecule has 20 heavy (non-hydrogen) atoms. The van der Waals surface area contributed by atoms with Gasteiger partial charge in [-0.2, -0.15) is 0 Å². The van der Waals surface area contributed by atoms with Crippen LogP contribution in [0.3, 0.4) is 0 Å². The first kappa shape index (κ1) is 14.4. The van der Waals surface area contributed by atoms with Gasteiger partial charge in [-0.3, -0.25) is 0 Å². The number of methoxy groups -OCH3 is 1. The summed E-state index contributed by atoms with van der Waals surface area (Å²) in [5, 5.41) is 9.30. The van der Waals surface area contributed by atoms with E-state index in [0.29, 0.717) is 17.1 Å². The Morgan fingerprint density at radius 2 is 1.90 bits per heavy atom. The molecule has 5 heteroatoms. The maximum absolute atomic E-state index is 11.4. The van der Waals surface area contributed by atoms with Crippen LogP contribution >= 0.6 is 15.9 Å². The quantitative estimate of drug-likeness (QED) is 0.905. The van der Waals surface area contributed by atoms with E-state index in [4.69, 9.17) is 9.47 Å². The van der Waals surface area contributed by atoms with E-state index in [1.54, 1.807) is 42.5 Å². The molecule has 1 atom stereocenters. The number of carbonyl (C=O) groups is 1. The van der Waals surface area contributed by atoms with Crippen molar-refractivity contribution in [2.24, 2.45) is 0 Å². The molecule has 0 aliphatic carbocycles. The predicted octanol–water partition coefficient (Wildman–Crippen LogP) is 3.66. The van der Waals surface area contributed by atoms with Crippen LogP contribution in [0.15, 0.2) is 53.0 Å². The Balaban J connectivity index is 2.27. The maximum atomic E-state index is 11.4. The molecule has 0 saturated carbocycles. The number of carboxylic acid groups (broad SMARTS) is 1. The summed E-state index contributed by atoms with van der Waals surface area (Å²) in [6.07, 6.45) is -1.05. The molecule has 0 amide bonds. The average Bonchev–Trinajstić information content (AvgIpc) is 2.47. The van der Waals surface area contributed by atoms with Gasteiger partial charge in [0.1, 0.15) is 11.5 Å². The highest BCUT2D eigenvalue weighted by Gasteiger charge is 2.22. The summed E-state index contributed by atoms with van der Waals surface area (Å²) in [5.74, 6) is -0.0286. The van der Waals surface area contributed by atoms with Gasteiger partial charge in [0, 0.05) is 11.6 Å². The molecule has 4 nitrogen and oxygen atoms in total. The highest BCUT2D eigenvalue weighted by atomic mass is 79.9. The van der Waals surface area contributed by atoms with E-state index in [1.807, 2.05) is 6.07 Å². The van der Waals surface area contributed by atoms with Crippen molar-refractivity contribution in [1.82, 2.24) is 0 Å². The van der Waals surface area contributed by atoms with Crippen molar-refractivity contribution in [3.63, 3.8) is 0 Å². The van der Waals surface area contributed by atoms with Gasteiger partial charge in [-0.05, 0) is 28.1 Å². The van der Waals surface area contributed by atoms with Gasteiger partial charge in [0.15, 0.2) is 0 Å². The number of benzene rings is 2. The van der Waals surface area contributed by atoms with E-state index >= 15 is 0 Å². The fraction of sp³-hybridized carbons (Fsp3) is 0.133. The molecule has 2 aromatic rings. The van der Waals surface area contributed by atoms with Crippen LogP contribution < -0.4 is 9.47 Å². The third-order valence-corrected chi connectivity index (χ3v) is 3.36. The average molecular weight is 337 g/mol. The molecular formula is C15H13BrO4. The predicted molar refractivity (Wildman–Crippen MR) is 78.1 cm³/mol. The topological polar surface area (TPSA) is 55.8 Å². The fourth-order valence-electron chi connectivity index (χ4n) is 1.74. The lowest BCUT2D eigenvalue weighted by Crippen LogP contribution is -2.18. The van der Waals surface area contributed by atoms with E-state index in [9.17, 15) is 9.90 Å². The van der Waals surface area contributed by atoms with Crippen LogP contribution in [0.2, 0.25) is 0 Å². The molecule has 0 fully saturated rings. The fourth-order valence-corrected chi connectivity index (χ4v) is 2.15. The van der Waals surface area contributed by atoms with Crippen molar-refractivity contribution in [2.75, 3.05) is 7.11 Å². The van der Waals surface area contributed by atoms with Crippen molar-refractivity contribution in [1.29, 1.82) is 0 Å². The highest BCUT2D eigenvalue weighted by Crippen LogP contribution is 2.31. The second-order valence-electron chi connectivity index (χ2n) is 4.04. The van der Waals surface area contributed by atoms with Crippen LogP contribution in [0, 0.1) is 0 Å². The summed E-state index contributed by atoms with van der Waals surface area (Å²) >= 11 is 3.33. The van der Waals surface area contributed by atoms with Gasteiger partial charge in [0.25, 0.3) is 0 Å². The van der Waals surface area contributed by atoms with Crippen molar-refractivity contribution in [3.05, 3.63) is 58.6 Å². The first-order chi connectivity index (χ1) is 9.61. The molecule has 0 aromatic heterocycles. The molecule has 2 aromatic carbocycles. The lowest BCUT2D eigenvalue weighted by atomic mass is 10.1. The highest BCUT2D eigenvalue weighted by molar-refractivity contribution is 9.10. The van der Waals surface area contributed by atoms with Gasteiger partial charge in [-0.25, -0.2) is 4.79 Å². The lowest BCUT2D eigenvalue weighted by molar-refractivity contribution is -0.145. The van der Waals surface area contributed by atoms with Gasteiger partial charge in [0.05, 0.1) is 11.6 Å². The van der Waals surface area contributed by atoms with Gasteiger partial charge < -0.3 is 14.6 Å². The summed E-state index contributed by atoms with van der Waals surface area (Å²) in [7, 11) is 1.54. The Kier molecular flexibility index (Phi) is 4.63. The lowest BCUT2D eigenvalue weighted by Gasteiger charge is -2.16. The number of hydrogen-bond donors (Lipinski definition) is 1. The van der Waals surface area contributed by atoms with Crippen LogP contribution in [-0.2, 0) is 4.79 Å². The van der Waals surface area contributed by atoms with Crippen molar-refractivity contribution in [3.8, 4) is 11.5 Å². The third kappa shape index (κ3) is 3.30. The molecule has 104 valence electrons. The number of ether oxygens (including phenoxy) is 2. The van der Waals surface area contributed by atoms with Crippen molar-refractivity contribution >= 4 is 21.9 Å². The van der Waals surface area contributed by atoms with E-state index in [2.05, 4.69) is 15.9 Å². The van der Waals surface area contributed by atoms with Gasteiger partial charge >= 0.3 is 5.97 Å². The summed E-state index contributed by atoms with van der Waals surface area (Å²) in [6, 6.07) is 13.9. The van der Waals surface area contributed by atoms with Crippen molar-refractivity contribution < 1.29 is 19.4 Å². The van der Waals surface area contributed by atoms with Gasteiger partial charge in [0.2, 0.25) is 6.10 Å². The van der Waals surface area contributed by atoms with E-state index in [1.165, 1.54) is 7.11 Å².